The maximum Gasteiger partial charge on any atom is 0.264 e. The van der Waals surface area contributed by atoms with Crippen molar-refractivity contribution in [3.05, 3.63) is 27.7 Å². The van der Waals surface area contributed by atoms with Gasteiger partial charge < -0.3 is 9.80 Å². The fourth-order valence-electron chi connectivity index (χ4n) is 2.06. The maximum absolute atomic E-state index is 12.2. The molecule has 19 heavy (non-hydrogen) atoms. The number of aromatic nitrogens is 3. The molecule has 1 fully saturated rings. The Labute approximate surface area is 119 Å². The molecule has 0 aromatic carbocycles. The lowest BCUT2D eigenvalue weighted by molar-refractivity contribution is 0.0751. The van der Waals surface area contributed by atoms with Crippen molar-refractivity contribution in [2.24, 2.45) is 0 Å². The number of hydrogen-bond donors (Lipinski definition) is 1. The molecule has 2 aromatic heterocycles. The van der Waals surface area contributed by atoms with E-state index in [1.54, 1.807) is 12.1 Å². The smallest absolute Gasteiger partial charge is 0.264 e. The second kappa shape index (κ2) is 5.18. The van der Waals surface area contributed by atoms with Crippen LogP contribution in [0.25, 0.3) is 0 Å². The summed E-state index contributed by atoms with van der Waals surface area (Å²) in [5.41, 5.74) is 0. The van der Waals surface area contributed by atoms with Gasteiger partial charge >= 0.3 is 0 Å². The van der Waals surface area contributed by atoms with E-state index in [1.165, 1.54) is 17.7 Å². The van der Waals surface area contributed by atoms with Gasteiger partial charge in [0.25, 0.3) is 5.91 Å². The Kier molecular flexibility index (Phi) is 3.39. The second-order valence-corrected chi connectivity index (χ2v) is 5.91. The monoisotopic (exact) mass is 297 g/mol. The Morgan fingerprint density at radius 1 is 1.32 bits per heavy atom. The largest absolute Gasteiger partial charge is 0.338 e. The number of amides is 1. The number of piperazine rings is 1. The molecule has 6 nitrogen and oxygen atoms in total. The summed E-state index contributed by atoms with van der Waals surface area (Å²) in [5.74, 6) is 0.806. The Morgan fingerprint density at radius 3 is 2.68 bits per heavy atom. The minimum Gasteiger partial charge on any atom is -0.338 e. The zero-order valence-corrected chi connectivity index (χ0v) is 11.6. The molecule has 0 radical (unpaired) electrons. The predicted octanol–water partition coefficient (Wildman–Crippen LogP) is 1.48. The second-order valence-electron chi connectivity index (χ2n) is 4.19. The first kappa shape index (κ1) is 12.4. The highest BCUT2D eigenvalue weighted by Gasteiger charge is 2.24. The molecule has 1 aliphatic heterocycles. The zero-order chi connectivity index (χ0) is 13.2. The average molecular weight is 298 g/mol. The van der Waals surface area contributed by atoms with Crippen molar-refractivity contribution in [2.75, 3.05) is 31.1 Å². The Bertz CT molecular complexity index is 561. The van der Waals surface area contributed by atoms with Gasteiger partial charge in [-0.05, 0) is 12.1 Å². The van der Waals surface area contributed by atoms with Crippen molar-refractivity contribution in [3.63, 3.8) is 0 Å². The molecule has 0 aliphatic carbocycles. The van der Waals surface area contributed by atoms with E-state index in [0.717, 1.165) is 19.0 Å². The number of carbonyl (C=O) groups is 1. The highest BCUT2D eigenvalue weighted by molar-refractivity contribution is 7.17. The van der Waals surface area contributed by atoms with Crippen LogP contribution in [0.2, 0.25) is 4.34 Å². The molecule has 3 rings (SSSR count). The van der Waals surface area contributed by atoms with Gasteiger partial charge in [0.15, 0.2) is 0 Å². The van der Waals surface area contributed by atoms with Gasteiger partial charge in [-0.25, -0.2) is 5.10 Å². The molecule has 1 saturated heterocycles. The Balaban J connectivity index is 1.62. The van der Waals surface area contributed by atoms with Gasteiger partial charge in [-0.3, -0.25) is 4.79 Å². The van der Waals surface area contributed by atoms with Crippen molar-refractivity contribution in [2.45, 2.75) is 0 Å². The topological polar surface area (TPSA) is 65.1 Å². The van der Waals surface area contributed by atoms with Gasteiger partial charge in [-0.2, -0.15) is 10.1 Å². The number of thiophene rings is 1. The van der Waals surface area contributed by atoms with Crippen LogP contribution in [0.3, 0.4) is 0 Å². The van der Waals surface area contributed by atoms with Crippen LogP contribution in [-0.2, 0) is 0 Å². The van der Waals surface area contributed by atoms with Crippen LogP contribution in [0.15, 0.2) is 18.5 Å². The van der Waals surface area contributed by atoms with Crippen LogP contribution in [0.1, 0.15) is 9.67 Å². The molecule has 1 amide bonds. The van der Waals surface area contributed by atoms with Crippen LogP contribution < -0.4 is 4.90 Å². The van der Waals surface area contributed by atoms with E-state index in [4.69, 9.17) is 11.6 Å². The summed E-state index contributed by atoms with van der Waals surface area (Å²) in [6.45, 7) is 2.85. The summed E-state index contributed by atoms with van der Waals surface area (Å²) < 4.78 is 0.642. The lowest BCUT2D eigenvalue weighted by Gasteiger charge is -2.34. The minimum absolute atomic E-state index is 0.0501. The van der Waals surface area contributed by atoms with E-state index in [0.29, 0.717) is 22.3 Å². The Hall–Kier alpha value is -1.60. The SMILES string of the molecule is O=C(c1ccc(Cl)s1)N1CCN(c2ncn[nH]2)CC1. The molecule has 3 heterocycles. The summed E-state index contributed by atoms with van der Waals surface area (Å²) in [7, 11) is 0. The number of halogens is 1. The van der Waals surface area contributed by atoms with E-state index in [-0.39, 0.29) is 5.91 Å². The standard InChI is InChI=1S/C11H12ClN5OS/c12-9-2-1-8(19-9)10(18)16-3-5-17(6-4-16)11-13-7-14-15-11/h1-2,7H,3-6H2,(H,13,14,15). The number of H-pyrrole nitrogens is 1. The van der Waals surface area contributed by atoms with Crippen LogP contribution >= 0.6 is 22.9 Å². The van der Waals surface area contributed by atoms with Gasteiger partial charge in [0, 0.05) is 26.2 Å². The van der Waals surface area contributed by atoms with E-state index in [1.807, 2.05) is 4.90 Å². The average Bonchev–Trinajstić information content (AvgIpc) is 3.09. The van der Waals surface area contributed by atoms with E-state index in [9.17, 15) is 4.79 Å². The number of aromatic amines is 1. The maximum atomic E-state index is 12.2. The summed E-state index contributed by atoms with van der Waals surface area (Å²) in [5, 5.41) is 6.66. The number of nitrogens with one attached hydrogen (secondary N) is 1. The van der Waals surface area contributed by atoms with Crippen LogP contribution in [-0.4, -0.2) is 52.2 Å². The third kappa shape index (κ3) is 2.57. The quantitative estimate of drug-likeness (QED) is 0.912. The fraction of sp³-hybridized carbons (Fsp3) is 0.364. The van der Waals surface area contributed by atoms with E-state index >= 15 is 0 Å². The lowest BCUT2D eigenvalue weighted by atomic mass is 10.3. The van der Waals surface area contributed by atoms with Crippen molar-refractivity contribution >= 4 is 34.8 Å². The number of anilines is 1. The van der Waals surface area contributed by atoms with Gasteiger partial charge in [0.1, 0.15) is 6.33 Å². The fourth-order valence-corrected chi connectivity index (χ4v) is 3.07. The normalized spacial score (nSPS) is 15.8. The number of hydrogen-bond acceptors (Lipinski definition) is 5. The van der Waals surface area contributed by atoms with E-state index in [2.05, 4.69) is 20.1 Å². The Morgan fingerprint density at radius 2 is 2.11 bits per heavy atom. The molecule has 0 saturated carbocycles. The molecule has 100 valence electrons. The summed E-state index contributed by atoms with van der Waals surface area (Å²) in [4.78, 5) is 21.0. The molecule has 8 heteroatoms. The lowest BCUT2D eigenvalue weighted by Crippen LogP contribution is -2.49. The van der Waals surface area contributed by atoms with Crippen molar-refractivity contribution in [1.82, 2.24) is 20.1 Å². The number of nitrogens with zero attached hydrogens (tertiary/aromatic N) is 4. The summed E-state index contributed by atoms with van der Waals surface area (Å²) >= 11 is 7.17. The third-order valence-corrected chi connectivity index (χ3v) is 4.27. The molecular weight excluding hydrogens is 286 g/mol. The molecule has 0 spiro atoms. The summed E-state index contributed by atoms with van der Waals surface area (Å²) in [6, 6.07) is 3.53. The first-order valence-corrected chi connectivity index (χ1v) is 7.08. The zero-order valence-electron chi connectivity index (χ0n) is 10.0. The van der Waals surface area contributed by atoms with Crippen LogP contribution in [0.5, 0.6) is 0 Å². The van der Waals surface area contributed by atoms with Crippen LogP contribution in [0, 0.1) is 0 Å². The van der Waals surface area contributed by atoms with Gasteiger partial charge in [-0.15, -0.1) is 11.3 Å². The molecule has 1 N–H and O–H groups in total. The highest BCUT2D eigenvalue weighted by atomic mass is 35.5. The molecule has 1 aliphatic rings. The first-order chi connectivity index (χ1) is 9.24. The number of carbonyl (C=O) groups excluding carboxylic acids is 1. The van der Waals surface area contributed by atoms with Gasteiger partial charge in [0.2, 0.25) is 5.95 Å². The highest BCUT2D eigenvalue weighted by Crippen LogP contribution is 2.23. The van der Waals surface area contributed by atoms with Gasteiger partial charge in [0.05, 0.1) is 9.21 Å². The number of rotatable bonds is 2. The van der Waals surface area contributed by atoms with Crippen molar-refractivity contribution < 1.29 is 4.79 Å². The van der Waals surface area contributed by atoms with Crippen molar-refractivity contribution in [1.29, 1.82) is 0 Å². The molecule has 0 unspecified atom stereocenters. The van der Waals surface area contributed by atoms with Gasteiger partial charge in [-0.1, -0.05) is 11.6 Å². The predicted molar refractivity (Wildman–Crippen MR) is 73.8 cm³/mol. The molecule has 0 atom stereocenters. The third-order valence-electron chi connectivity index (χ3n) is 3.05. The first-order valence-electron chi connectivity index (χ1n) is 5.89. The molecule has 0 bridgehead atoms. The molecule has 2 aromatic rings. The minimum atomic E-state index is 0.0501. The van der Waals surface area contributed by atoms with E-state index < -0.39 is 0 Å². The summed E-state index contributed by atoms with van der Waals surface area (Å²) in [6.07, 6.45) is 1.49. The van der Waals surface area contributed by atoms with Crippen molar-refractivity contribution in [3.8, 4) is 0 Å². The van der Waals surface area contributed by atoms with Crippen LogP contribution in [0.4, 0.5) is 5.95 Å². The molecular formula is C11H12ClN5OS.